The molecule has 0 amide bonds. The summed E-state index contributed by atoms with van der Waals surface area (Å²) >= 11 is 1.89. The number of anilines is 1. The predicted octanol–water partition coefficient (Wildman–Crippen LogP) is 3.31. The fourth-order valence-electron chi connectivity index (χ4n) is 1.72. The van der Waals surface area contributed by atoms with Crippen LogP contribution in [-0.2, 0) is 0 Å². The van der Waals surface area contributed by atoms with Crippen molar-refractivity contribution < 1.29 is 0 Å². The van der Waals surface area contributed by atoms with Crippen LogP contribution in [0.2, 0.25) is 0 Å². The number of hydrogen-bond acceptors (Lipinski definition) is 2. The molecule has 0 aliphatic carbocycles. The van der Waals surface area contributed by atoms with Crippen LogP contribution in [-0.4, -0.2) is 5.88 Å². The van der Waals surface area contributed by atoms with E-state index in [1.807, 2.05) is 11.8 Å². The van der Waals surface area contributed by atoms with Gasteiger partial charge in [0.1, 0.15) is 0 Å². The molecule has 2 heteroatoms. The van der Waals surface area contributed by atoms with E-state index in [-0.39, 0.29) is 0 Å². The van der Waals surface area contributed by atoms with E-state index in [9.17, 15) is 0 Å². The molecule has 0 atom stereocenters. The molecule has 1 nitrogen and oxygen atoms in total. The minimum absolute atomic E-state index is 1.00. The van der Waals surface area contributed by atoms with Gasteiger partial charge in [-0.15, -0.1) is 11.8 Å². The molecule has 0 aromatic heterocycles. The SMILES string of the molecule is c1ccc2c3c(ccc2c1)NCS3. The molecule has 0 saturated carbocycles. The first-order valence-corrected chi connectivity index (χ1v) is 5.32. The Balaban J connectivity index is 2.43. The summed E-state index contributed by atoms with van der Waals surface area (Å²) in [5, 5.41) is 6.06. The summed E-state index contributed by atoms with van der Waals surface area (Å²) in [6.45, 7) is 0. The first-order valence-electron chi connectivity index (χ1n) is 4.33. The lowest BCUT2D eigenvalue weighted by Crippen LogP contribution is -1.87. The van der Waals surface area contributed by atoms with Crippen molar-refractivity contribution in [3.63, 3.8) is 0 Å². The molecule has 2 aromatic rings. The Labute approximate surface area is 81.1 Å². The van der Waals surface area contributed by atoms with Gasteiger partial charge in [-0.25, -0.2) is 0 Å². The summed E-state index contributed by atoms with van der Waals surface area (Å²) in [6.07, 6.45) is 0. The van der Waals surface area contributed by atoms with Crippen molar-refractivity contribution in [1.29, 1.82) is 0 Å². The standard InChI is InChI=1S/C11H9NS/c1-2-4-9-8(3-1)5-6-10-11(9)13-7-12-10/h1-6,12H,7H2. The molecule has 1 heterocycles. The van der Waals surface area contributed by atoms with E-state index in [1.165, 1.54) is 21.4 Å². The van der Waals surface area contributed by atoms with Crippen LogP contribution in [0.25, 0.3) is 10.8 Å². The zero-order valence-corrected chi connectivity index (χ0v) is 7.90. The van der Waals surface area contributed by atoms with Crippen LogP contribution in [0.4, 0.5) is 5.69 Å². The third-order valence-corrected chi connectivity index (χ3v) is 3.38. The van der Waals surface area contributed by atoms with E-state index >= 15 is 0 Å². The molecule has 64 valence electrons. The summed E-state index contributed by atoms with van der Waals surface area (Å²) in [4.78, 5) is 1.40. The molecule has 0 spiro atoms. The molecule has 3 rings (SSSR count). The van der Waals surface area contributed by atoms with Crippen molar-refractivity contribution in [3.05, 3.63) is 36.4 Å². The van der Waals surface area contributed by atoms with Crippen molar-refractivity contribution in [2.75, 3.05) is 11.2 Å². The molecule has 0 bridgehead atoms. The van der Waals surface area contributed by atoms with Crippen LogP contribution in [0.3, 0.4) is 0 Å². The highest BCUT2D eigenvalue weighted by Gasteiger charge is 2.12. The zero-order chi connectivity index (χ0) is 8.67. The molecule has 1 aliphatic heterocycles. The second-order valence-corrected chi connectivity index (χ2v) is 4.11. The Bertz CT molecular complexity index is 465. The first-order chi connectivity index (χ1) is 6.45. The number of fused-ring (bicyclic) bond motifs is 3. The summed E-state index contributed by atoms with van der Waals surface area (Å²) in [6, 6.07) is 12.9. The normalized spacial score (nSPS) is 14.2. The maximum Gasteiger partial charge on any atom is 0.0658 e. The highest BCUT2D eigenvalue weighted by molar-refractivity contribution is 8.00. The van der Waals surface area contributed by atoms with Crippen molar-refractivity contribution in [1.82, 2.24) is 0 Å². The number of hydrogen-bond donors (Lipinski definition) is 1. The minimum Gasteiger partial charge on any atom is -0.375 e. The van der Waals surface area contributed by atoms with Gasteiger partial charge < -0.3 is 5.32 Å². The summed E-state index contributed by atoms with van der Waals surface area (Å²) in [7, 11) is 0. The largest absolute Gasteiger partial charge is 0.375 e. The first kappa shape index (κ1) is 7.27. The number of thioether (sulfide) groups is 1. The third-order valence-electron chi connectivity index (χ3n) is 2.36. The molecule has 2 aromatic carbocycles. The van der Waals surface area contributed by atoms with Crippen molar-refractivity contribution >= 4 is 28.2 Å². The van der Waals surface area contributed by atoms with Crippen LogP contribution >= 0.6 is 11.8 Å². The van der Waals surface area contributed by atoms with E-state index in [2.05, 4.69) is 41.7 Å². The molecule has 1 N–H and O–H groups in total. The van der Waals surface area contributed by atoms with Gasteiger partial charge in [0.25, 0.3) is 0 Å². The fourth-order valence-corrected chi connectivity index (χ4v) is 2.73. The second kappa shape index (κ2) is 2.67. The van der Waals surface area contributed by atoms with Gasteiger partial charge in [-0.05, 0) is 16.8 Å². The molecule has 0 radical (unpaired) electrons. The monoisotopic (exact) mass is 187 g/mol. The topological polar surface area (TPSA) is 12.0 Å². The summed E-state index contributed by atoms with van der Waals surface area (Å²) in [5.74, 6) is 1.00. The van der Waals surface area contributed by atoms with E-state index in [1.54, 1.807) is 0 Å². The van der Waals surface area contributed by atoms with Gasteiger partial charge >= 0.3 is 0 Å². The Morgan fingerprint density at radius 2 is 2.00 bits per heavy atom. The smallest absolute Gasteiger partial charge is 0.0658 e. The van der Waals surface area contributed by atoms with Crippen LogP contribution in [0.15, 0.2) is 41.3 Å². The Hall–Kier alpha value is -1.15. The lowest BCUT2D eigenvalue weighted by atomic mass is 10.1. The van der Waals surface area contributed by atoms with Gasteiger partial charge in [-0.3, -0.25) is 0 Å². The lowest BCUT2D eigenvalue weighted by molar-refractivity contribution is 1.47. The van der Waals surface area contributed by atoms with E-state index in [0.29, 0.717) is 0 Å². The quantitative estimate of drug-likeness (QED) is 0.679. The van der Waals surface area contributed by atoms with Crippen LogP contribution < -0.4 is 5.32 Å². The van der Waals surface area contributed by atoms with Gasteiger partial charge in [-0.2, -0.15) is 0 Å². The molecule has 0 saturated heterocycles. The zero-order valence-electron chi connectivity index (χ0n) is 7.08. The van der Waals surface area contributed by atoms with Crippen molar-refractivity contribution in [2.45, 2.75) is 4.90 Å². The van der Waals surface area contributed by atoms with Gasteiger partial charge in [-0.1, -0.05) is 30.3 Å². The number of benzene rings is 2. The molecule has 0 fully saturated rings. The highest BCUT2D eigenvalue weighted by atomic mass is 32.2. The average molecular weight is 187 g/mol. The predicted molar refractivity (Wildman–Crippen MR) is 58.3 cm³/mol. The second-order valence-electron chi connectivity index (χ2n) is 3.13. The van der Waals surface area contributed by atoms with Gasteiger partial charge in [0.05, 0.1) is 5.88 Å². The Morgan fingerprint density at radius 1 is 1.08 bits per heavy atom. The number of rotatable bonds is 0. The van der Waals surface area contributed by atoms with Gasteiger partial charge in [0.2, 0.25) is 0 Å². The van der Waals surface area contributed by atoms with E-state index in [0.717, 1.165) is 5.88 Å². The lowest BCUT2D eigenvalue weighted by Gasteiger charge is -2.02. The minimum atomic E-state index is 1.00. The fraction of sp³-hybridized carbons (Fsp3) is 0.0909. The van der Waals surface area contributed by atoms with Crippen LogP contribution in [0.5, 0.6) is 0 Å². The molecule has 13 heavy (non-hydrogen) atoms. The maximum absolute atomic E-state index is 3.36. The summed E-state index contributed by atoms with van der Waals surface area (Å²) < 4.78 is 0. The van der Waals surface area contributed by atoms with Crippen LogP contribution in [0.1, 0.15) is 0 Å². The molecule has 1 aliphatic rings. The Kier molecular flexibility index (Phi) is 1.49. The molecular weight excluding hydrogens is 178 g/mol. The summed E-state index contributed by atoms with van der Waals surface area (Å²) in [5.41, 5.74) is 1.28. The Morgan fingerprint density at radius 3 is 3.00 bits per heavy atom. The van der Waals surface area contributed by atoms with Crippen LogP contribution in [0, 0.1) is 0 Å². The van der Waals surface area contributed by atoms with E-state index in [4.69, 9.17) is 0 Å². The van der Waals surface area contributed by atoms with Crippen molar-refractivity contribution in [2.24, 2.45) is 0 Å². The van der Waals surface area contributed by atoms with Crippen molar-refractivity contribution in [3.8, 4) is 0 Å². The molecular formula is C11H9NS. The maximum atomic E-state index is 3.36. The van der Waals surface area contributed by atoms with Gasteiger partial charge in [0, 0.05) is 10.6 Å². The average Bonchev–Trinajstić information content (AvgIpc) is 2.65. The highest BCUT2D eigenvalue weighted by Crippen LogP contribution is 2.39. The van der Waals surface area contributed by atoms with E-state index < -0.39 is 0 Å². The number of nitrogens with one attached hydrogen (secondary N) is 1. The molecule has 0 unspecified atom stereocenters. The third kappa shape index (κ3) is 1.02. The van der Waals surface area contributed by atoms with Gasteiger partial charge in [0.15, 0.2) is 0 Å².